The lowest BCUT2D eigenvalue weighted by molar-refractivity contribution is 0.244. The summed E-state index contributed by atoms with van der Waals surface area (Å²) in [4.78, 5) is 9.69. The highest BCUT2D eigenvalue weighted by molar-refractivity contribution is 5.48. The normalized spacial score (nSPS) is 18.1. The van der Waals surface area contributed by atoms with Crippen LogP contribution in [0.4, 0.5) is 15.8 Å². The van der Waals surface area contributed by atoms with E-state index in [1.165, 1.54) is 16.9 Å². The van der Waals surface area contributed by atoms with Crippen molar-refractivity contribution in [3.63, 3.8) is 0 Å². The van der Waals surface area contributed by atoms with Crippen LogP contribution in [0.2, 0.25) is 0 Å². The van der Waals surface area contributed by atoms with Crippen LogP contribution in [0.5, 0.6) is 0 Å². The fourth-order valence-electron chi connectivity index (χ4n) is 5.07. The topological polar surface area (TPSA) is 17.9 Å². The fraction of sp³-hybridized carbons (Fsp3) is 0.407. The van der Waals surface area contributed by atoms with Gasteiger partial charge >= 0.3 is 0 Å². The van der Waals surface area contributed by atoms with Gasteiger partial charge in [0.1, 0.15) is 5.82 Å². The molecule has 2 aromatic carbocycles. The van der Waals surface area contributed by atoms with Crippen LogP contribution in [0.1, 0.15) is 11.3 Å². The highest BCUT2D eigenvalue weighted by atomic mass is 19.1. The van der Waals surface area contributed by atoms with Gasteiger partial charge in [-0.15, -0.1) is 0 Å². The van der Waals surface area contributed by atoms with Crippen molar-refractivity contribution in [1.29, 1.82) is 0 Å². The summed E-state index contributed by atoms with van der Waals surface area (Å²) in [5.74, 6) is -0.122. The molecule has 5 nitrogen and oxygen atoms in total. The Hall–Kier alpha value is -2.83. The number of hydrogen-bond acceptors (Lipinski definition) is 4. The second-order valence-corrected chi connectivity index (χ2v) is 9.26. The van der Waals surface area contributed by atoms with E-state index in [1.54, 1.807) is 12.1 Å². The summed E-state index contributed by atoms with van der Waals surface area (Å²) in [5, 5.41) is 0. The Bertz CT molecular complexity index is 1030. The summed E-state index contributed by atoms with van der Waals surface area (Å²) in [6.45, 7) is 9.95. The second-order valence-electron chi connectivity index (χ2n) is 9.26. The second kappa shape index (κ2) is 9.98. The van der Waals surface area contributed by atoms with E-state index < -0.39 is 0 Å². The zero-order valence-corrected chi connectivity index (χ0v) is 19.5. The zero-order valence-electron chi connectivity index (χ0n) is 19.5. The molecule has 0 N–H and O–H groups in total. The predicted octanol–water partition coefficient (Wildman–Crippen LogP) is 3.81. The first-order valence-corrected chi connectivity index (χ1v) is 12.0. The highest BCUT2D eigenvalue weighted by Crippen LogP contribution is 2.22. The number of halogens is 1. The predicted molar refractivity (Wildman–Crippen MR) is 133 cm³/mol. The highest BCUT2D eigenvalue weighted by Gasteiger charge is 2.21. The van der Waals surface area contributed by atoms with Crippen molar-refractivity contribution < 1.29 is 4.39 Å². The fourth-order valence-corrected chi connectivity index (χ4v) is 5.07. The van der Waals surface area contributed by atoms with Crippen LogP contribution in [0, 0.1) is 5.82 Å². The van der Waals surface area contributed by atoms with Crippen molar-refractivity contribution in [1.82, 2.24) is 14.4 Å². The van der Waals surface area contributed by atoms with Gasteiger partial charge in [0.15, 0.2) is 0 Å². The SMILES string of the molecule is Cn1cc(CN2CCN(c3ccccc3F)CC2)cc1CN1CCN(c2ccccc2)CC1. The van der Waals surface area contributed by atoms with E-state index in [0.29, 0.717) is 0 Å². The summed E-state index contributed by atoms with van der Waals surface area (Å²) in [6.07, 6.45) is 2.28. The van der Waals surface area contributed by atoms with E-state index in [0.717, 1.165) is 71.1 Å². The number of aryl methyl sites for hydroxylation is 1. The van der Waals surface area contributed by atoms with Crippen molar-refractivity contribution in [3.05, 3.63) is 83.9 Å². The van der Waals surface area contributed by atoms with Gasteiger partial charge in [0.2, 0.25) is 0 Å². The Balaban J connectivity index is 1.11. The Morgan fingerprint density at radius 3 is 2.00 bits per heavy atom. The molecule has 0 saturated carbocycles. The molecule has 33 heavy (non-hydrogen) atoms. The van der Waals surface area contributed by atoms with Crippen molar-refractivity contribution >= 4 is 11.4 Å². The lowest BCUT2D eigenvalue weighted by Crippen LogP contribution is -2.46. The minimum Gasteiger partial charge on any atom is -0.369 e. The summed E-state index contributed by atoms with van der Waals surface area (Å²) < 4.78 is 16.4. The number of piperazine rings is 2. The van der Waals surface area contributed by atoms with Crippen LogP contribution in [0.15, 0.2) is 66.9 Å². The van der Waals surface area contributed by atoms with E-state index >= 15 is 0 Å². The molecule has 0 spiro atoms. The number of hydrogen-bond donors (Lipinski definition) is 0. The van der Waals surface area contributed by atoms with Crippen LogP contribution in [-0.2, 0) is 20.1 Å². The number of anilines is 2. The molecule has 6 heteroatoms. The summed E-state index contributed by atoms with van der Waals surface area (Å²) >= 11 is 0. The van der Waals surface area contributed by atoms with Gasteiger partial charge in [0.25, 0.3) is 0 Å². The molecule has 0 radical (unpaired) electrons. The standard InChI is InChI=1S/C27H34FN5/c1-29-20-23(21-30-13-17-33(18-14-30)27-10-6-5-9-26(27)28)19-25(29)22-31-11-15-32(16-12-31)24-7-3-2-4-8-24/h2-10,19-20H,11-18,21-22H2,1H3. The van der Waals surface area contributed by atoms with Crippen molar-refractivity contribution in [2.45, 2.75) is 13.1 Å². The number of para-hydroxylation sites is 2. The molecule has 1 aromatic heterocycles. The molecule has 0 amide bonds. The van der Waals surface area contributed by atoms with Gasteiger partial charge in [-0.25, -0.2) is 4.39 Å². The van der Waals surface area contributed by atoms with Gasteiger partial charge < -0.3 is 14.4 Å². The molecular formula is C27H34FN5. The molecule has 2 aliphatic heterocycles. The Labute approximate surface area is 196 Å². The van der Waals surface area contributed by atoms with Crippen LogP contribution in [-0.4, -0.2) is 66.7 Å². The van der Waals surface area contributed by atoms with Crippen LogP contribution in [0.25, 0.3) is 0 Å². The molecule has 3 aromatic rings. The Kier molecular flexibility index (Phi) is 6.65. The van der Waals surface area contributed by atoms with E-state index in [4.69, 9.17) is 0 Å². The molecule has 2 aliphatic rings. The monoisotopic (exact) mass is 447 g/mol. The number of rotatable bonds is 6. The maximum absolute atomic E-state index is 14.1. The minimum atomic E-state index is -0.122. The first kappa shape index (κ1) is 22.0. The van der Waals surface area contributed by atoms with Crippen molar-refractivity contribution in [2.24, 2.45) is 7.05 Å². The molecule has 174 valence electrons. The lowest BCUT2D eigenvalue weighted by atomic mass is 10.2. The van der Waals surface area contributed by atoms with E-state index in [9.17, 15) is 4.39 Å². The number of aromatic nitrogens is 1. The smallest absolute Gasteiger partial charge is 0.146 e. The maximum atomic E-state index is 14.1. The summed E-state index contributed by atoms with van der Waals surface area (Å²) in [7, 11) is 2.16. The Morgan fingerprint density at radius 1 is 0.697 bits per heavy atom. The first-order chi connectivity index (χ1) is 16.2. The summed E-state index contributed by atoms with van der Waals surface area (Å²) in [6, 6.07) is 20.2. The van der Waals surface area contributed by atoms with Gasteiger partial charge in [-0.05, 0) is 35.9 Å². The quantitative estimate of drug-likeness (QED) is 0.572. The van der Waals surface area contributed by atoms with Gasteiger partial charge in [0.05, 0.1) is 5.69 Å². The van der Waals surface area contributed by atoms with Gasteiger partial charge in [-0.3, -0.25) is 9.80 Å². The van der Waals surface area contributed by atoms with Crippen molar-refractivity contribution in [2.75, 3.05) is 62.2 Å². The van der Waals surface area contributed by atoms with Gasteiger partial charge in [-0.2, -0.15) is 0 Å². The third kappa shape index (κ3) is 5.23. The van der Waals surface area contributed by atoms with E-state index in [1.807, 2.05) is 12.1 Å². The molecular weight excluding hydrogens is 413 g/mol. The zero-order chi connectivity index (χ0) is 22.6. The average Bonchev–Trinajstić information content (AvgIpc) is 3.19. The van der Waals surface area contributed by atoms with Crippen LogP contribution < -0.4 is 9.80 Å². The maximum Gasteiger partial charge on any atom is 0.146 e. The molecule has 5 rings (SSSR count). The van der Waals surface area contributed by atoms with E-state index in [-0.39, 0.29) is 5.82 Å². The largest absolute Gasteiger partial charge is 0.369 e. The molecule has 0 atom stereocenters. The average molecular weight is 448 g/mol. The third-order valence-electron chi connectivity index (χ3n) is 7.02. The molecule has 0 bridgehead atoms. The van der Waals surface area contributed by atoms with Gasteiger partial charge in [-0.1, -0.05) is 30.3 Å². The minimum absolute atomic E-state index is 0.122. The first-order valence-electron chi connectivity index (χ1n) is 12.0. The Morgan fingerprint density at radius 2 is 1.30 bits per heavy atom. The lowest BCUT2D eigenvalue weighted by Gasteiger charge is -2.36. The number of nitrogens with zero attached hydrogens (tertiary/aromatic N) is 5. The van der Waals surface area contributed by atoms with E-state index in [2.05, 4.69) is 73.8 Å². The molecule has 2 fully saturated rings. The van der Waals surface area contributed by atoms with Crippen LogP contribution in [0.3, 0.4) is 0 Å². The van der Waals surface area contributed by atoms with Crippen molar-refractivity contribution in [3.8, 4) is 0 Å². The molecule has 2 saturated heterocycles. The number of benzene rings is 2. The third-order valence-corrected chi connectivity index (χ3v) is 7.02. The van der Waals surface area contributed by atoms with Crippen LogP contribution >= 0.6 is 0 Å². The molecule has 3 heterocycles. The molecule has 0 unspecified atom stereocenters. The van der Waals surface area contributed by atoms with Gasteiger partial charge in [0, 0.05) is 90.1 Å². The molecule has 0 aliphatic carbocycles. The summed E-state index contributed by atoms with van der Waals surface area (Å²) in [5.41, 5.74) is 4.80.